The summed E-state index contributed by atoms with van der Waals surface area (Å²) in [5.41, 5.74) is 1.39. The lowest BCUT2D eigenvalue weighted by atomic mass is 10.2. The van der Waals surface area contributed by atoms with Gasteiger partial charge in [0.2, 0.25) is 0 Å². The number of hydrogen-bond acceptors (Lipinski definition) is 3. The summed E-state index contributed by atoms with van der Waals surface area (Å²) in [6.45, 7) is 1.20. The first-order chi connectivity index (χ1) is 11.1. The normalized spacial score (nSPS) is 21.0. The van der Waals surface area contributed by atoms with Crippen LogP contribution in [0.3, 0.4) is 0 Å². The van der Waals surface area contributed by atoms with Crippen molar-refractivity contribution in [1.82, 2.24) is 19.9 Å². The minimum Gasteiger partial charge on any atom is -0.336 e. The molecule has 0 bridgehead atoms. The van der Waals surface area contributed by atoms with Crippen molar-refractivity contribution >= 4 is 17.5 Å². The van der Waals surface area contributed by atoms with Crippen molar-refractivity contribution in [2.75, 3.05) is 13.1 Å². The van der Waals surface area contributed by atoms with Gasteiger partial charge in [0.25, 0.3) is 5.91 Å². The summed E-state index contributed by atoms with van der Waals surface area (Å²) in [6.07, 6.45) is 5.22. The van der Waals surface area contributed by atoms with Crippen molar-refractivity contribution in [1.29, 1.82) is 0 Å². The van der Waals surface area contributed by atoms with Crippen molar-refractivity contribution in [3.05, 3.63) is 46.5 Å². The summed E-state index contributed by atoms with van der Waals surface area (Å²) in [7, 11) is 0. The second-order valence-electron chi connectivity index (χ2n) is 6.22. The van der Waals surface area contributed by atoms with Crippen LogP contribution in [0.15, 0.2) is 24.4 Å². The Morgan fingerprint density at radius 2 is 2.13 bits per heavy atom. The van der Waals surface area contributed by atoms with E-state index >= 15 is 0 Å². The number of carbonyl (C=O) groups is 1. The van der Waals surface area contributed by atoms with Gasteiger partial charge in [-0.1, -0.05) is 16.8 Å². The van der Waals surface area contributed by atoms with E-state index in [0.29, 0.717) is 24.6 Å². The fourth-order valence-corrected chi connectivity index (χ4v) is 3.26. The van der Waals surface area contributed by atoms with Crippen molar-refractivity contribution in [2.24, 2.45) is 0 Å². The van der Waals surface area contributed by atoms with Crippen molar-refractivity contribution in [3.8, 4) is 0 Å². The number of hydrogen-bond donors (Lipinski definition) is 0. The number of halogens is 2. The molecule has 0 N–H and O–H groups in total. The second kappa shape index (κ2) is 5.60. The molecule has 1 amide bonds. The van der Waals surface area contributed by atoms with Crippen LogP contribution in [-0.4, -0.2) is 38.9 Å². The molecule has 1 atom stereocenters. The first kappa shape index (κ1) is 14.6. The number of nitrogens with zero attached hydrogens (tertiary/aromatic N) is 4. The first-order valence-corrected chi connectivity index (χ1v) is 8.15. The van der Waals surface area contributed by atoms with Crippen LogP contribution in [0.25, 0.3) is 0 Å². The zero-order chi connectivity index (χ0) is 16.0. The van der Waals surface area contributed by atoms with Gasteiger partial charge >= 0.3 is 0 Å². The van der Waals surface area contributed by atoms with Gasteiger partial charge in [0.05, 0.1) is 22.3 Å². The summed E-state index contributed by atoms with van der Waals surface area (Å²) < 4.78 is 15.0. The van der Waals surface area contributed by atoms with Gasteiger partial charge in [-0.05, 0) is 37.5 Å². The second-order valence-corrected chi connectivity index (χ2v) is 6.62. The van der Waals surface area contributed by atoms with Crippen molar-refractivity contribution in [3.63, 3.8) is 0 Å². The minimum atomic E-state index is -0.443. The van der Waals surface area contributed by atoms with Crippen LogP contribution in [-0.2, 0) is 0 Å². The fraction of sp³-hybridized carbons (Fsp3) is 0.438. The number of likely N-dealkylation sites (tertiary alicyclic amines) is 1. The molecule has 1 aliphatic carbocycles. The van der Waals surface area contributed by atoms with Gasteiger partial charge in [0.1, 0.15) is 5.82 Å². The highest BCUT2D eigenvalue weighted by Gasteiger charge is 2.32. The largest absolute Gasteiger partial charge is 0.336 e. The molecule has 0 radical (unpaired) electrons. The lowest BCUT2D eigenvalue weighted by molar-refractivity contribution is 0.0787. The number of carbonyl (C=O) groups excluding carboxylic acids is 1. The molecule has 1 saturated carbocycles. The molecule has 1 saturated heterocycles. The molecule has 0 spiro atoms. The minimum absolute atomic E-state index is 0.137. The van der Waals surface area contributed by atoms with E-state index in [-0.39, 0.29) is 17.0 Å². The standard InChI is InChI=1S/C16H16ClFN4O/c17-14-7-11(18)3-4-13(14)16(23)21-6-5-12(8-21)22-9-15(19-20-22)10-1-2-10/h3-4,7,9-10,12H,1-2,5-6,8H2. The topological polar surface area (TPSA) is 51.0 Å². The highest BCUT2D eigenvalue weighted by Crippen LogP contribution is 2.39. The highest BCUT2D eigenvalue weighted by atomic mass is 35.5. The molecule has 2 aromatic rings. The van der Waals surface area contributed by atoms with Gasteiger partial charge in [-0.15, -0.1) is 5.10 Å². The van der Waals surface area contributed by atoms with E-state index in [0.717, 1.165) is 12.1 Å². The Morgan fingerprint density at radius 1 is 1.30 bits per heavy atom. The highest BCUT2D eigenvalue weighted by molar-refractivity contribution is 6.33. The summed E-state index contributed by atoms with van der Waals surface area (Å²) in [4.78, 5) is 14.3. The first-order valence-electron chi connectivity index (χ1n) is 7.78. The van der Waals surface area contributed by atoms with E-state index in [1.807, 2.05) is 10.9 Å². The summed E-state index contributed by atoms with van der Waals surface area (Å²) in [5, 5.41) is 8.58. The number of benzene rings is 1. The van der Waals surface area contributed by atoms with Crippen molar-refractivity contribution < 1.29 is 9.18 Å². The molecule has 4 rings (SSSR count). The SMILES string of the molecule is O=C(c1ccc(F)cc1Cl)N1CCC(n2cc(C3CC3)nn2)C1. The van der Waals surface area contributed by atoms with Crippen LogP contribution in [0.4, 0.5) is 4.39 Å². The van der Waals surface area contributed by atoms with Crippen LogP contribution in [0.2, 0.25) is 5.02 Å². The van der Waals surface area contributed by atoms with Crippen LogP contribution >= 0.6 is 11.6 Å². The predicted molar refractivity (Wildman–Crippen MR) is 83.0 cm³/mol. The molecule has 1 aromatic carbocycles. The van der Waals surface area contributed by atoms with Crippen LogP contribution in [0.1, 0.15) is 47.3 Å². The zero-order valence-electron chi connectivity index (χ0n) is 12.5. The van der Waals surface area contributed by atoms with Gasteiger partial charge in [-0.2, -0.15) is 0 Å². The third-order valence-corrected chi connectivity index (χ3v) is 4.82. The maximum Gasteiger partial charge on any atom is 0.255 e. The molecule has 1 aromatic heterocycles. The van der Waals surface area contributed by atoms with E-state index in [4.69, 9.17) is 11.6 Å². The maximum atomic E-state index is 13.1. The predicted octanol–water partition coefficient (Wildman–Crippen LogP) is 3.04. The van der Waals surface area contributed by atoms with E-state index in [2.05, 4.69) is 10.3 Å². The Bertz CT molecular complexity index is 758. The molecular formula is C16H16ClFN4O. The third-order valence-electron chi connectivity index (χ3n) is 4.51. The van der Waals surface area contributed by atoms with E-state index in [1.165, 1.54) is 31.0 Å². The fourth-order valence-electron chi connectivity index (χ4n) is 3.01. The van der Waals surface area contributed by atoms with Crippen molar-refractivity contribution in [2.45, 2.75) is 31.2 Å². The average Bonchev–Trinajstić information content (AvgIpc) is 3.07. The third kappa shape index (κ3) is 2.83. The smallest absolute Gasteiger partial charge is 0.255 e. The lowest BCUT2D eigenvalue weighted by Crippen LogP contribution is -2.29. The molecular weight excluding hydrogens is 319 g/mol. The Labute approximate surface area is 138 Å². The Balaban J connectivity index is 1.47. The molecule has 2 aliphatic rings. The molecule has 5 nitrogen and oxygen atoms in total. The van der Waals surface area contributed by atoms with Gasteiger partial charge in [-0.25, -0.2) is 9.07 Å². The number of amides is 1. The molecule has 2 heterocycles. The van der Waals surface area contributed by atoms with Gasteiger partial charge in [0, 0.05) is 25.2 Å². The molecule has 23 heavy (non-hydrogen) atoms. The quantitative estimate of drug-likeness (QED) is 0.867. The summed E-state index contributed by atoms with van der Waals surface area (Å²) >= 11 is 5.99. The monoisotopic (exact) mass is 334 g/mol. The molecule has 1 unspecified atom stereocenters. The Morgan fingerprint density at radius 3 is 2.87 bits per heavy atom. The van der Waals surface area contributed by atoms with Gasteiger partial charge in [0.15, 0.2) is 0 Å². The van der Waals surface area contributed by atoms with E-state index < -0.39 is 5.82 Å². The lowest BCUT2D eigenvalue weighted by Gasteiger charge is -2.17. The number of aromatic nitrogens is 3. The van der Waals surface area contributed by atoms with Crippen LogP contribution in [0.5, 0.6) is 0 Å². The average molecular weight is 335 g/mol. The maximum absolute atomic E-state index is 13.1. The van der Waals surface area contributed by atoms with Gasteiger partial charge in [-0.3, -0.25) is 4.79 Å². The van der Waals surface area contributed by atoms with E-state index in [9.17, 15) is 9.18 Å². The van der Waals surface area contributed by atoms with Crippen LogP contribution in [0, 0.1) is 5.82 Å². The summed E-state index contributed by atoms with van der Waals surface area (Å²) in [5.74, 6) is -0.0398. The molecule has 2 fully saturated rings. The Kier molecular flexibility index (Phi) is 3.56. The molecule has 120 valence electrons. The summed E-state index contributed by atoms with van der Waals surface area (Å²) in [6, 6.07) is 4.00. The zero-order valence-corrected chi connectivity index (χ0v) is 13.2. The Hall–Kier alpha value is -1.95. The number of rotatable bonds is 3. The van der Waals surface area contributed by atoms with E-state index in [1.54, 1.807) is 4.90 Å². The molecule has 1 aliphatic heterocycles. The van der Waals surface area contributed by atoms with Crippen LogP contribution < -0.4 is 0 Å². The molecule has 7 heteroatoms. The van der Waals surface area contributed by atoms with Gasteiger partial charge < -0.3 is 4.90 Å².